The summed E-state index contributed by atoms with van der Waals surface area (Å²) in [5.41, 5.74) is 4.35. The van der Waals surface area contributed by atoms with Crippen molar-refractivity contribution in [1.82, 2.24) is 9.97 Å². The predicted octanol–water partition coefficient (Wildman–Crippen LogP) is 3.97. The second-order valence-electron chi connectivity index (χ2n) is 6.23. The fraction of sp³-hybridized carbons (Fsp3) is 0.190. The van der Waals surface area contributed by atoms with Gasteiger partial charge in [-0.25, -0.2) is 9.97 Å². The largest absolute Gasteiger partial charge is 0.496 e. The van der Waals surface area contributed by atoms with Crippen LogP contribution < -0.4 is 15.4 Å². The van der Waals surface area contributed by atoms with Crippen LogP contribution >= 0.6 is 0 Å². The Bertz CT molecular complexity index is 939. The first-order valence-corrected chi connectivity index (χ1v) is 8.63. The van der Waals surface area contributed by atoms with E-state index in [1.165, 1.54) is 12.4 Å². The molecular weight excluding hydrogens is 340 g/mol. The Morgan fingerprint density at radius 3 is 2.52 bits per heavy atom. The minimum atomic E-state index is -0.238. The number of amides is 1. The maximum atomic E-state index is 12.4. The van der Waals surface area contributed by atoms with E-state index in [1.54, 1.807) is 7.11 Å². The molecule has 27 heavy (non-hydrogen) atoms. The molecule has 1 aromatic heterocycles. The normalized spacial score (nSPS) is 10.3. The van der Waals surface area contributed by atoms with Crippen LogP contribution in [0.1, 0.15) is 27.0 Å². The molecule has 138 valence electrons. The van der Waals surface area contributed by atoms with E-state index < -0.39 is 0 Å². The van der Waals surface area contributed by atoms with Gasteiger partial charge in [0.15, 0.2) is 0 Å². The van der Waals surface area contributed by atoms with E-state index in [9.17, 15) is 4.79 Å². The second kappa shape index (κ2) is 8.31. The molecule has 3 rings (SSSR count). The highest BCUT2D eigenvalue weighted by Gasteiger charge is 2.10. The zero-order valence-electron chi connectivity index (χ0n) is 15.6. The summed E-state index contributed by atoms with van der Waals surface area (Å²) in [6.07, 6.45) is 3.02. The monoisotopic (exact) mass is 362 g/mol. The summed E-state index contributed by atoms with van der Waals surface area (Å²) in [6.45, 7) is 4.51. The van der Waals surface area contributed by atoms with Gasteiger partial charge in [-0.1, -0.05) is 35.9 Å². The SMILES string of the molecule is COc1ccccc1CNc1ncc(C(=O)Nc2ccc(C)cc2C)cn1. The summed E-state index contributed by atoms with van der Waals surface area (Å²) in [5, 5.41) is 6.02. The maximum Gasteiger partial charge on any atom is 0.258 e. The van der Waals surface area contributed by atoms with Gasteiger partial charge in [0.05, 0.1) is 12.7 Å². The minimum Gasteiger partial charge on any atom is -0.496 e. The van der Waals surface area contributed by atoms with Gasteiger partial charge in [-0.15, -0.1) is 0 Å². The summed E-state index contributed by atoms with van der Waals surface area (Å²) >= 11 is 0. The number of nitrogens with zero attached hydrogens (tertiary/aromatic N) is 2. The Morgan fingerprint density at radius 2 is 1.81 bits per heavy atom. The van der Waals surface area contributed by atoms with E-state index in [0.29, 0.717) is 18.1 Å². The van der Waals surface area contributed by atoms with E-state index in [-0.39, 0.29) is 5.91 Å². The Kier molecular flexibility index (Phi) is 5.66. The average Bonchev–Trinajstić information content (AvgIpc) is 2.69. The molecule has 3 aromatic rings. The predicted molar refractivity (Wildman–Crippen MR) is 106 cm³/mol. The number of methoxy groups -OCH3 is 1. The van der Waals surface area contributed by atoms with Crippen molar-refractivity contribution in [1.29, 1.82) is 0 Å². The smallest absolute Gasteiger partial charge is 0.258 e. The molecule has 6 nitrogen and oxygen atoms in total. The van der Waals surface area contributed by atoms with E-state index >= 15 is 0 Å². The summed E-state index contributed by atoms with van der Waals surface area (Å²) < 4.78 is 5.32. The van der Waals surface area contributed by atoms with Crippen LogP contribution in [0.25, 0.3) is 0 Å². The van der Waals surface area contributed by atoms with Crippen molar-refractivity contribution in [2.45, 2.75) is 20.4 Å². The first-order valence-electron chi connectivity index (χ1n) is 8.63. The van der Waals surface area contributed by atoms with Gasteiger partial charge in [0.2, 0.25) is 5.95 Å². The highest BCUT2D eigenvalue weighted by atomic mass is 16.5. The number of ether oxygens (including phenoxy) is 1. The zero-order valence-corrected chi connectivity index (χ0v) is 15.6. The quantitative estimate of drug-likeness (QED) is 0.694. The number of rotatable bonds is 6. The van der Waals surface area contributed by atoms with E-state index in [1.807, 2.05) is 56.3 Å². The highest BCUT2D eigenvalue weighted by Crippen LogP contribution is 2.19. The number of carbonyl (C=O) groups is 1. The number of anilines is 2. The Hall–Kier alpha value is -3.41. The molecule has 0 radical (unpaired) electrons. The van der Waals surface area contributed by atoms with Crippen molar-refractivity contribution in [3.63, 3.8) is 0 Å². The van der Waals surface area contributed by atoms with Crippen LogP contribution in [-0.4, -0.2) is 23.0 Å². The van der Waals surface area contributed by atoms with Crippen LogP contribution in [0.4, 0.5) is 11.6 Å². The first kappa shape index (κ1) is 18.4. The lowest BCUT2D eigenvalue weighted by molar-refractivity contribution is 0.102. The van der Waals surface area contributed by atoms with Gasteiger partial charge in [-0.05, 0) is 31.5 Å². The Balaban J connectivity index is 1.63. The van der Waals surface area contributed by atoms with Gasteiger partial charge in [-0.3, -0.25) is 4.79 Å². The van der Waals surface area contributed by atoms with Gasteiger partial charge in [-0.2, -0.15) is 0 Å². The zero-order chi connectivity index (χ0) is 19.2. The summed E-state index contributed by atoms with van der Waals surface area (Å²) in [4.78, 5) is 20.8. The van der Waals surface area contributed by atoms with Crippen LogP contribution in [0.5, 0.6) is 5.75 Å². The second-order valence-corrected chi connectivity index (χ2v) is 6.23. The molecule has 1 heterocycles. The van der Waals surface area contributed by atoms with Gasteiger partial charge >= 0.3 is 0 Å². The van der Waals surface area contributed by atoms with Gasteiger partial charge in [0, 0.05) is 30.2 Å². The molecule has 0 saturated carbocycles. The molecule has 0 saturated heterocycles. The number of hydrogen-bond acceptors (Lipinski definition) is 5. The number of nitrogens with one attached hydrogen (secondary N) is 2. The van der Waals surface area contributed by atoms with Gasteiger partial charge < -0.3 is 15.4 Å². The molecule has 0 aliphatic carbocycles. The molecule has 0 spiro atoms. The highest BCUT2D eigenvalue weighted by molar-refractivity contribution is 6.04. The molecule has 0 aliphatic rings. The van der Waals surface area contributed by atoms with Crippen LogP contribution in [0.3, 0.4) is 0 Å². The average molecular weight is 362 g/mol. The van der Waals surface area contributed by atoms with Crippen LogP contribution in [-0.2, 0) is 6.54 Å². The number of hydrogen-bond donors (Lipinski definition) is 2. The number of benzene rings is 2. The van der Waals surface area contributed by atoms with Crippen molar-refractivity contribution >= 4 is 17.5 Å². The first-order chi connectivity index (χ1) is 13.1. The van der Waals surface area contributed by atoms with Crippen LogP contribution in [0.15, 0.2) is 54.9 Å². The van der Waals surface area contributed by atoms with E-state index in [4.69, 9.17) is 4.74 Å². The van der Waals surface area contributed by atoms with Crippen LogP contribution in [0, 0.1) is 13.8 Å². The van der Waals surface area contributed by atoms with Gasteiger partial charge in [0.25, 0.3) is 5.91 Å². The molecule has 6 heteroatoms. The van der Waals surface area contributed by atoms with Gasteiger partial charge in [0.1, 0.15) is 5.75 Å². The lowest BCUT2D eigenvalue weighted by Crippen LogP contribution is -2.14. The van der Waals surface area contributed by atoms with Crippen molar-refractivity contribution < 1.29 is 9.53 Å². The summed E-state index contributed by atoms with van der Waals surface area (Å²) in [5.74, 6) is 1.01. The number of aryl methyl sites for hydroxylation is 2. The van der Waals surface area contributed by atoms with Crippen molar-refractivity contribution in [2.24, 2.45) is 0 Å². The third-order valence-corrected chi connectivity index (χ3v) is 4.17. The fourth-order valence-electron chi connectivity index (χ4n) is 2.71. The summed E-state index contributed by atoms with van der Waals surface area (Å²) in [7, 11) is 1.64. The number of aromatic nitrogens is 2. The molecule has 0 bridgehead atoms. The molecule has 0 fully saturated rings. The standard InChI is InChI=1S/C21H22N4O2/c1-14-8-9-18(15(2)10-14)25-20(26)17-12-23-21(24-13-17)22-11-16-6-4-5-7-19(16)27-3/h4-10,12-13H,11H2,1-3H3,(H,25,26)(H,22,23,24). The molecule has 1 amide bonds. The lowest BCUT2D eigenvalue weighted by atomic mass is 10.1. The van der Waals surface area contributed by atoms with Crippen molar-refractivity contribution in [3.05, 3.63) is 77.1 Å². The Labute approximate surface area is 158 Å². The van der Waals surface area contributed by atoms with E-state index in [0.717, 1.165) is 28.1 Å². The van der Waals surface area contributed by atoms with Crippen molar-refractivity contribution in [2.75, 3.05) is 17.7 Å². The Morgan fingerprint density at radius 1 is 1.07 bits per heavy atom. The summed E-state index contributed by atoms with van der Waals surface area (Å²) in [6, 6.07) is 13.6. The third kappa shape index (κ3) is 4.61. The molecular formula is C21H22N4O2. The topological polar surface area (TPSA) is 76.1 Å². The van der Waals surface area contributed by atoms with Crippen LogP contribution in [0.2, 0.25) is 0 Å². The molecule has 2 N–H and O–H groups in total. The molecule has 0 aliphatic heterocycles. The number of carbonyl (C=O) groups excluding carboxylic acids is 1. The molecule has 0 unspecified atom stereocenters. The van der Waals surface area contributed by atoms with Crippen molar-refractivity contribution in [3.8, 4) is 5.75 Å². The minimum absolute atomic E-state index is 0.238. The van der Waals surface area contributed by atoms with E-state index in [2.05, 4.69) is 20.6 Å². The third-order valence-electron chi connectivity index (χ3n) is 4.17. The maximum absolute atomic E-state index is 12.4. The molecule has 2 aromatic carbocycles. The number of para-hydroxylation sites is 1. The molecule has 0 atom stereocenters. The lowest BCUT2D eigenvalue weighted by Gasteiger charge is -2.10. The fourth-order valence-corrected chi connectivity index (χ4v) is 2.71.